The summed E-state index contributed by atoms with van der Waals surface area (Å²) in [6, 6.07) is 13.1. The maximum absolute atomic E-state index is 4.84. The topological polar surface area (TPSA) is 25.8 Å². The van der Waals surface area contributed by atoms with E-state index >= 15 is 0 Å². The third-order valence-corrected chi connectivity index (χ3v) is 9.38. The Bertz CT molecular complexity index is 1150. The highest BCUT2D eigenvalue weighted by molar-refractivity contribution is 7.32. The van der Waals surface area contributed by atoms with Gasteiger partial charge in [0, 0.05) is 19.5 Å². The lowest BCUT2D eigenvalue weighted by molar-refractivity contribution is 1.51. The van der Waals surface area contributed by atoms with Crippen LogP contribution in [-0.4, -0.2) is 9.97 Å². The van der Waals surface area contributed by atoms with Gasteiger partial charge < -0.3 is 0 Å². The Labute approximate surface area is 165 Å². The Morgan fingerprint density at radius 1 is 0.520 bits per heavy atom. The number of aryl methyl sites for hydroxylation is 2. The highest BCUT2D eigenvalue weighted by Gasteiger charge is 2.15. The third kappa shape index (κ3) is 2.90. The van der Waals surface area contributed by atoms with Crippen LogP contribution >= 0.6 is 56.7 Å². The first-order valence-electron chi connectivity index (χ1n) is 7.67. The second kappa shape index (κ2) is 6.10. The molecule has 124 valence electrons. The van der Waals surface area contributed by atoms with Crippen LogP contribution in [0.1, 0.15) is 9.75 Å². The van der Waals surface area contributed by atoms with Crippen LogP contribution in [0.3, 0.4) is 0 Å². The van der Waals surface area contributed by atoms with E-state index in [0.29, 0.717) is 0 Å². The van der Waals surface area contributed by atoms with Gasteiger partial charge in [-0.15, -0.1) is 34.0 Å². The minimum atomic E-state index is 1.04. The predicted molar refractivity (Wildman–Crippen MR) is 115 cm³/mol. The van der Waals surface area contributed by atoms with Gasteiger partial charge in [0.15, 0.2) is 9.66 Å². The smallest absolute Gasteiger partial charge is 0.155 e. The Morgan fingerprint density at radius 2 is 0.960 bits per heavy atom. The number of nitrogens with zero attached hydrogens (tertiary/aromatic N) is 2. The third-order valence-electron chi connectivity index (χ3n) is 3.73. The molecule has 0 saturated heterocycles. The number of aromatic nitrogens is 2. The average molecular weight is 417 g/mol. The SMILES string of the molecule is Cc1ccc(-c2ccc(-c3nc4sc(-c5ccc(C)s5)nc4s3)s2)s1. The van der Waals surface area contributed by atoms with Crippen LogP contribution in [0.15, 0.2) is 36.4 Å². The van der Waals surface area contributed by atoms with Gasteiger partial charge in [-0.05, 0) is 50.2 Å². The van der Waals surface area contributed by atoms with Crippen LogP contribution in [0.4, 0.5) is 0 Å². The second-order valence-corrected chi connectivity index (χ2v) is 11.2. The molecule has 0 N–H and O–H groups in total. The summed E-state index contributed by atoms with van der Waals surface area (Å²) >= 11 is 8.83. The van der Waals surface area contributed by atoms with E-state index in [-0.39, 0.29) is 0 Å². The summed E-state index contributed by atoms with van der Waals surface area (Å²) < 4.78 is 0. The molecule has 5 aromatic heterocycles. The first kappa shape index (κ1) is 15.8. The zero-order valence-electron chi connectivity index (χ0n) is 13.4. The first-order chi connectivity index (χ1) is 12.2. The van der Waals surface area contributed by atoms with E-state index < -0.39 is 0 Å². The lowest BCUT2D eigenvalue weighted by Crippen LogP contribution is -1.67. The van der Waals surface area contributed by atoms with Crippen LogP contribution in [0.2, 0.25) is 0 Å². The Hall–Kier alpha value is -1.38. The van der Waals surface area contributed by atoms with Gasteiger partial charge in [-0.1, -0.05) is 22.7 Å². The highest BCUT2D eigenvalue weighted by atomic mass is 32.1. The van der Waals surface area contributed by atoms with E-state index in [0.717, 1.165) is 19.7 Å². The normalized spacial score (nSPS) is 11.6. The van der Waals surface area contributed by atoms with Gasteiger partial charge in [-0.2, -0.15) is 0 Å². The first-order valence-corrected chi connectivity index (χ1v) is 11.8. The molecule has 0 aliphatic carbocycles. The summed E-state index contributed by atoms with van der Waals surface area (Å²) in [5.74, 6) is 0. The summed E-state index contributed by atoms with van der Waals surface area (Å²) in [5, 5.41) is 2.16. The fourth-order valence-electron chi connectivity index (χ4n) is 2.55. The van der Waals surface area contributed by atoms with E-state index in [1.807, 2.05) is 22.7 Å². The van der Waals surface area contributed by atoms with Crippen molar-refractivity contribution in [3.8, 4) is 29.5 Å². The van der Waals surface area contributed by atoms with Gasteiger partial charge in [0.25, 0.3) is 0 Å². The molecule has 0 spiro atoms. The van der Waals surface area contributed by atoms with Gasteiger partial charge in [0.05, 0.1) is 9.75 Å². The second-order valence-electron chi connectivity index (χ2n) is 5.63. The van der Waals surface area contributed by atoms with Crippen LogP contribution in [0.25, 0.3) is 39.2 Å². The van der Waals surface area contributed by atoms with Crippen molar-refractivity contribution >= 4 is 66.3 Å². The van der Waals surface area contributed by atoms with Crippen molar-refractivity contribution in [2.75, 3.05) is 0 Å². The van der Waals surface area contributed by atoms with Crippen molar-refractivity contribution in [3.63, 3.8) is 0 Å². The molecule has 5 rings (SSSR count). The van der Waals surface area contributed by atoms with Gasteiger partial charge in [-0.3, -0.25) is 0 Å². The molecule has 0 radical (unpaired) electrons. The molecule has 5 aromatic rings. The molecule has 0 aliphatic heterocycles. The molecule has 0 bridgehead atoms. The Balaban J connectivity index is 1.49. The van der Waals surface area contributed by atoms with Gasteiger partial charge in [-0.25, -0.2) is 9.97 Å². The minimum Gasteiger partial charge on any atom is -0.222 e. The number of hydrogen-bond acceptors (Lipinski definition) is 7. The molecule has 0 amide bonds. The number of thiazole rings is 2. The van der Waals surface area contributed by atoms with E-state index in [1.165, 1.54) is 29.3 Å². The monoisotopic (exact) mass is 416 g/mol. The molecule has 0 unspecified atom stereocenters. The molecule has 2 nitrogen and oxygen atoms in total. The number of thiophene rings is 3. The zero-order chi connectivity index (χ0) is 17.0. The lowest BCUT2D eigenvalue weighted by atomic mass is 10.3. The Kier molecular flexibility index (Phi) is 3.87. The van der Waals surface area contributed by atoms with E-state index in [9.17, 15) is 0 Å². The van der Waals surface area contributed by atoms with Gasteiger partial charge in [0.1, 0.15) is 10.0 Å². The van der Waals surface area contributed by atoms with Crippen molar-refractivity contribution in [1.82, 2.24) is 9.97 Å². The molecule has 0 fully saturated rings. The molecular formula is C18H12N2S5. The van der Waals surface area contributed by atoms with Crippen molar-refractivity contribution in [2.45, 2.75) is 13.8 Å². The minimum absolute atomic E-state index is 1.04. The number of hydrogen-bond donors (Lipinski definition) is 0. The average Bonchev–Trinajstić information content (AvgIpc) is 3.34. The molecule has 7 heteroatoms. The van der Waals surface area contributed by atoms with Gasteiger partial charge in [0.2, 0.25) is 0 Å². The molecule has 0 aliphatic rings. The summed E-state index contributed by atoms with van der Waals surface area (Å²) in [6.45, 7) is 4.28. The summed E-state index contributed by atoms with van der Waals surface area (Å²) in [7, 11) is 0. The van der Waals surface area contributed by atoms with Crippen LogP contribution in [0.5, 0.6) is 0 Å². The Morgan fingerprint density at radius 3 is 1.52 bits per heavy atom. The van der Waals surface area contributed by atoms with Crippen molar-refractivity contribution in [1.29, 1.82) is 0 Å². The predicted octanol–water partition coefficient (Wildman–Crippen LogP) is 7.56. The molecule has 0 aromatic carbocycles. The highest BCUT2D eigenvalue weighted by Crippen LogP contribution is 2.42. The standard InChI is InChI=1S/C18H12N2S5/c1-9-3-5-11(21-9)12-7-8-14(23-12)16-20-18-17(25-16)19-15(24-18)13-6-4-10(2)22-13/h3-8H,1-2H3. The van der Waals surface area contributed by atoms with E-state index in [2.05, 4.69) is 50.2 Å². The molecule has 0 saturated carbocycles. The zero-order valence-corrected chi connectivity index (χ0v) is 17.5. The molecule has 5 heterocycles. The van der Waals surface area contributed by atoms with Crippen molar-refractivity contribution in [3.05, 3.63) is 46.2 Å². The van der Waals surface area contributed by atoms with Crippen LogP contribution in [-0.2, 0) is 0 Å². The summed E-state index contributed by atoms with van der Waals surface area (Å²) in [4.78, 5) is 19.5. The fraction of sp³-hybridized carbons (Fsp3) is 0.111. The summed E-state index contributed by atoms with van der Waals surface area (Å²) in [5.41, 5.74) is 0. The lowest BCUT2D eigenvalue weighted by Gasteiger charge is -1.90. The fourth-order valence-corrected chi connectivity index (χ4v) is 7.54. The maximum Gasteiger partial charge on any atom is 0.155 e. The number of rotatable bonds is 3. The van der Waals surface area contributed by atoms with Crippen LogP contribution < -0.4 is 0 Å². The summed E-state index contributed by atoms with van der Waals surface area (Å²) in [6.07, 6.45) is 0. The van der Waals surface area contributed by atoms with Crippen molar-refractivity contribution in [2.24, 2.45) is 0 Å². The molecule has 25 heavy (non-hydrogen) atoms. The van der Waals surface area contributed by atoms with Gasteiger partial charge >= 0.3 is 0 Å². The number of fused-ring (bicyclic) bond motifs is 1. The van der Waals surface area contributed by atoms with Crippen LogP contribution in [0, 0.1) is 13.8 Å². The largest absolute Gasteiger partial charge is 0.222 e. The van der Waals surface area contributed by atoms with E-state index in [4.69, 9.17) is 9.97 Å². The van der Waals surface area contributed by atoms with Crippen molar-refractivity contribution < 1.29 is 0 Å². The molecule has 0 atom stereocenters. The molecular weight excluding hydrogens is 405 g/mol. The quantitative estimate of drug-likeness (QED) is 0.303. The maximum atomic E-state index is 4.84. The van der Waals surface area contributed by atoms with E-state index in [1.54, 1.807) is 34.0 Å².